The predicted octanol–water partition coefficient (Wildman–Crippen LogP) is 2.27. The van der Waals surface area contributed by atoms with Crippen LogP contribution in [0.15, 0.2) is 42.7 Å². The summed E-state index contributed by atoms with van der Waals surface area (Å²) in [7, 11) is 1.63. The van der Waals surface area contributed by atoms with Crippen LogP contribution in [0.25, 0.3) is 0 Å². The Morgan fingerprint density at radius 1 is 1.38 bits per heavy atom. The van der Waals surface area contributed by atoms with Gasteiger partial charge in [-0.2, -0.15) is 5.10 Å². The molecule has 0 radical (unpaired) electrons. The molecule has 6 nitrogen and oxygen atoms in total. The topological polar surface area (TPSA) is 56.6 Å². The molecule has 1 atom stereocenters. The largest absolute Gasteiger partial charge is 0.497 e. The molecule has 1 aliphatic heterocycles. The van der Waals surface area contributed by atoms with Crippen molar-refractivity contribution in [3.63, 3.8) is 0 Å². The van der Waals surface area contributed by atoms with Gasteiger partial charge in [0.25, 0.3) is 0 Å². The highest BCUT2D eigenvalue weighted by Gasteiger charge is 2.24. The van der Waals surface area contributed by atoms with Crippen molar-refractivity contribution in [2.75, 3.05) is 26.8 Å². The zero-order chi connectivity index (χ0) is 16.8. The molecule has 1 aliphatic rings. The highest BCUT2D eigenvalue weighted by molar-refractivity contribution is 5.77. The van der Waals surface area contributed by atoms with Crippen molar-refractivity contribution < 1.29 is 14.3 Å². The van der Waals surface area contributed by atoms with Gasteiger partial charge in [-0.1, -0.05) is 12.1 Å². The van der Waals surface area contributed by atoms with Crippen LogP contribution in [0, 0.1) is 0 Å². The van der Waals surface area contributed by atoms with Gasteiger partial charge in [0.15, 0.2) is 0 Å². The number of nitrogens with zero attached hydrogens (tertiary/aromatic N) is 3. The number of carbonyl (C=O) groups is 1. The van der Waals surface area contributed by atoms with E-state index in [1.54, 1.807) is 13.3 Å². The van der Waals surface area contributed by atoms with Crippen LogP contribution < -0.4 is 4.74 Å². The predicted molar refractivity (Wildman–Crippen MR) is 89.7 cm³/mol. The van der Waals surface area contributed by atoms with E-state index in [1.807, 2.05) is 46.1 Å². The van der Waals surface area contributed by atoms with Gasteiger partial charge in [-0.3, -0.25) is 9.48 Å². The Kier molecular flexibility index (Phi) is 5.48. The minimum absolute atomic E-state index is 0.0368. The first kappa shape index (κ1) is 16.5. The van der Waals surface area contributed by atoms with Gasteiger partial charge in [-0.15, -0.1) is 0 Å². The molecule has 1 aromatic heterocycles. The van der Waals surface area contributed by atoms with Crippen molar-refractivity contribution in [3.8, 4) is 5.75 Å². The fraction of sp³-hybridized carbons (Fsp3) is 0.444. The van der Waals surface area contributed by atoms with E-state index in [-0.39, 0.29) is 18.6 Å². The summed E-state index contributed by atoms with van der Waals surface area (Å²) in [5.74, 6) is 0.829. The Labute approximate surface area is 142 Å². The molecule has 0 N–H and O–H groups in total. The lowest BCUT2D eigenvalue weighted by atomic mass is 10.1. The molecule has 0 bridgehead atoms. The fourth-order valence-corrected chi connectivity index (χ4v) is 3.00. The number of carbonyl (C=O) groups excluding carboxylic acids is 1. The standard InChI is InChI=1S/C18H23N3O3/c1-23-17-7-2-5-15(11-17)13-24-14-18(22)20-9-3-6-16(12-20)21-10-4-8-19-21/h2,4-5,7-8,10-11,16H,3,6,9,12-14H2,1H3/t16-/m0/s1. The molecular weight excluding hydrogens is 306 g/mol. The van der Waals surface area contributed by atoms with Crippen molar-refractivity contribution >= 4 is 5.91 Å². The van der Waals surface area contributed by atoms with Crippen molar-refractivity contribution in [3.05, 3.63) is 48.3 Å². The third-order valence-electron chi connectivity index (χ3n) is 4.28. The van der Waals surface area contributed by atoms with Crippen LogP contribution in [-0.4, -0.2) is 47.4 Å². The van der Waals surface area contributed by atoms with Crippen molar-refractivity contribution in [2.24, 2.45) is 0 Å². The minimum Gasteiger partial charge on any atom is -0.497 e. The van der Waals surface area contributed by atoms with Crippen LogP contribution in [0.2, 0.25) is 0 Å². The van der Waals surface area contributed by atoms with Gasteiger partial charge in [-0.25, -0.2) is 0 Å². The van der Waals surface area contributed by atoms with E-state index in [9.17, 15) is 4.79 Å². The van der Waals surface area contributed by atoms with Crippen LogP contribution in [0.3, 0.4) is 0 Å². The van der Waals surface area contributed by atoms with Gasteiger partial charge < -0.3 is 14.4 Å². The number of likely N-dealkylation sites (tertiary alicyclic amines) is 1. The van der Waals surface area contributed by atoms with Gasteiger partial charge in [0.1, 0.15) is 12.4 Å². The summed E-state index contributed by atoms with van der Waals surface area (Å²) in [5, 5.41) is 4.29. The van der Waals surface area contributed by atoms with Crippen LogP contribution in [0.1, 0.15) is 24.4 Å². The van der Waals surface area contributed by atoms with Gasteiger partial charge in [-0.05, 0) is 36.6 Å². The molecule has 0 saturated carbocycles. The summed E-state index contributed by atoms with van der Waals surface area (Å²) in [6.45, 7) is 1.99. The minimum atomic E-state index is 0.0368. The third kappa shape index (κ3) is 4.14. The Bertz CT molecular complexity index is 657. The van der Waals surface area contributed by atoms with E-state index in [2.05, 4.69) is 5.10 Å². The van der Waals surface area contributed by atoms with Crippen LogP contribution in [0.4, 0.5) is 0 Å². The lowest BCUT2D eigenvalue weighted by Crippen LogP contribution is -2.42. The molecule has 2 aromatic rings. The maximum Gasteiger partial charge on any atom is 0.248 e. The monoisotopic (exact) mass is 329 g/mol. The van der Waals surface area contributed by atoms with Gasteiger partial charge in [0.05, 0.1) is 19.8 Å². The smallest absolute Gasteiger partial charge is 0.248 e. The SMILES string of the molecule is COc1cccc(COCC(=O)N2CCC[C@H](n3cccn3)C2)c1. The second-order valence-electron chi connectivity index (χ2n) is 5.97. The average Bonchev–Trinajstić information content (AvgIpc) is 3.17. The average molecular weight is 329 g/mol. The summed E-state index contributed by atoms with van der Waals surface area (Å²) in [6, 6.07) is 9.85. The van der Waals surface area contributed by atoms with E-state index in [0.717, 1.165) is 30.7 Å². The zero-order valence-electron chi connectivity index (χ0n) is 13.9. The summed E-state index contributed by atoms with van der Waals surface area (Å²) in [5.41, 5.74) is 0.996. The van der Waals surface area contributed by atoms with E-state index in [1.165, 1.54) is 0 Å². The number of hydrogen-bond donors (Lipinski definition) is 0. The first-order valence-electron chi connectivity index (χ1n) is 8.24. The van der Waals surface area contributed by atoms with E-state index >= 15 is 0 Å². The third-order valence-corrected chi connectivity index (χ3v) is 4.28. The van der Waals surface area contributed by atoms with Gasteiger partial charge in [0.2, 0.25) is 5.91 Å². The van der Waals surface area contributed by atoms with Gasteiger partial charge >= 0.3 is 0 Å². The number of aromatic nitrogens is 2. The first-order chi connectivity index (χ1) is 11.8. The molecule has 3 rings (SSSR count). The van der Waals surface area contributed by atoms with Crippen molar-refractivity contribution in [1.82, 2.24) is 14.7 Å². The Morgan fingerprint density at radius 2 is 2.29 bits per heavy atom. The van der Waals surface area contributed by atoms with Crippen molar-refractivity contribution in [2.45, 2.75) is 25.5 Å². The maximum atomic E-state index is 12.4. The molecule has 1 aromatic carbocycles. The van der Waals surface area contributed by atoms with Gasteiger partial charge in [0, 0.05) is 25.5 Å². The molecule has 0 aliphatic carbocycles. The molecule has 128 valence electrons. The van der Waals surface area contributed by atoms with Crippen LogP contribution in [0.5, 0.6) is 5.75 Å². The molecule has 0 unspecified atom stereocenters. The lowest BCUT2D eigenvalue weighted by Gasteiger charge is -2.32. The number of methoxy groups -OCH3 is 1. The summed E-state index contributed by atoms with van der Waals surface area (Å²) in [6.07, 6.45) is 5.78. The number of ether oxygens (including phenoxy) is 2. The number of rotatable bonds is 6. The van der Waals surface area contributed by atoms with Crippen molar-refractivity contribution in [1.29, 1.82) is 0 Å². The first-order valence-corrected chi connectivity index (χ1v) is 8.24. The molecule has 1 amide bonds. The molecule has 6 heteroatoms. The molecular formula is C18H23N3O3. The Balaban J connectivity index is 1.47. The summed E-state index contributed by atoms with van der Waals surface area (Å²) in [4.78, 5) is 14.2. The number of piperidine rings is 1. The highest BCUT2D eigenvalue weighted by atomic mass is 16.5. The molecule has 0 spiro atoms. The second kappa shape index (κ2) is 7.97. The molecule has 1 fully saturated rings. The maximum absolute atomic E-state index is 12.4. The molecule has 2 heterocycles. The number of benzene rings is 1. The Morgan fingerprint density at radius 3 is 3.08 bits per heavy atom. The zero-order valence-corrected chi connectivity index (χ0v) is 13.9. The quantitative estimate of drug-likeness (QED) is 0.816. The van der Waals surface area contributed by atoms with Crippen LogP contribution >= 0.6 is 0 Å². The van der Waals surface area contributed by atoms with E-state index in [4.69, 9.17) is 9.47 Å². The molecule has 1 saturated heterocycles. The summed E-state index contributed by atoms with van der Waals surface area (Å²) < 4.78 is 12.7. The second-order valence-corrected chi connectivity index (χ2v) is 5.97. The Hall–Kier alpha value is -2.34. The van der Waals surface area contributed by atoms with E-state index in [0.29, 0.717) is 13.2 Å². The normalized spacial score (nSPS) is 17.7. The number of amides is 1. The summed E-state index contributed by atoms with van der Waals surface area (Å²) >= 11 is 0. The molecule has 24 heavy (non-hydrogen) atoms. The van der Waals surface area contributed by atoms with Crippen LogP contribution in [-0.2, 0) is 16.1 Å². The fourth-order valence-electron chi connectivity index (χ4n) is 3.00. The highest BCUT2D eigenvalue weighted by Crippen LogP contribution is 2.20. The lowest BCUT2D eigenvalue weighted by molar-refractivity contribution is -0.138. The number of hydrogen-bond acceptors (Lipinski definition) is 4. The van der Waals surface area contributed by atoms with E-state index < -0.39 is 0 Å².